The standard InChI is InChI=1S/C24H33N5O3/c1-24(2,3)31-23(30)28-10-6-18(7-11-28)19-12-20-22(26-32-25-20)21(13-19)29-15-17(16-29)14-27-8-4-5-9-27/h6,12-13,17H,4-5,7-11,14-16H2,1-3H3. The van der Waals surface area contributed by atoms with Crippen molar-refractivity contribution < 1.29 is 14.2 Å². The van der Waals surface area contributed by atoms with Crippen LogP contribution in [0.15, 0.2) is 22.8 Å². The van der Waals surface area contributed by atoms with E-state index in [4.69, 9.17) is 9.37 Å². The van der Waals surface area contributed by atoms with E-state index < -0.39 is 5.60 Å². The molecule has 2 saturated heterocycles. The van der Waals surface area contributed by atoms with Crippen LogP contribution >= 0.6 is 0 Å². The number of nitrogens with zero attached hydrogens (tertiary/aromatic N) is 5. The first kappa shape index (κ1) is 21.2. The van der Waals surface area contributed by atoms with Crippen molar-refractivity contribution in [1.82, 2.24) is 20.1 Å². The van der Waals surface area contributed by atoms with Crippen molar-refractivity contribution in [3.63, 3.8) is 0 Å². The van der Waals surface area contributed by atoms with Gasteiger partial charge in [0, 0.05) is 38.6 Å². The zero-order valence-electron chi connectivity index (χ0n) is 19.3. The van der Waals surface area contributed by atoms with Gasteiger partial charge in [-0.3, -0.25) is 0 Å². The van der Waals surface area contributed by atoms with E-state index in [9.17, 15) is 4.79 Å². The molecular weight excluding hydrogens is 406 g/mol. The number of hydrogen-bond donors (Lipinski definition) is 0. The minimum Gasteiger partial charge on any atom is -0.444 e. The highest BCUT2D eigenvalue weighted by Gasteiger charge is 2.32. The van der Waals surface area contributed by atoms with Crippen molar-refractivity contribution in [3.05, 3.63) is 23.8 Å². The molecule has 1 aromatic carbocycles. The molecule has 172 valence electrons. The van der Waals surface area contributed by atoms with Gasteiger partial charge in [0.15, 0.2) is 5.52 Å². The van der Waals surface area contributed by atoms with Crippen LogP contribution in [-0.4, -0.2) is 77.6 Å². The highest BCUT2D eigenvalue weighted by Crippen LogP contribution is 2.35. The normalized spacial score (nSPS) is 20.5. The van der Waals surface area contributed by atoms with E-state index in [0.717, 1.165) is 41.8 Å². The number of ether oxygens (including phenoxy) is 1. The second-order valence-electron chi connectivity index (χ2n) is 10.3. The number of benzene rings is 1. The molecule has 1 aromatic heterocycles. The number of likely N-dealkylation sites (tertiary alicyclic amines) is 1. The summed E-state index contributed by atoms with van der Waals surface area (Å²) in [6.07, 6.45) is 5.33. The number of rotatable bonds is 4. The Bertz CT molecular complexity index is 1010. The van der Waals surface area contributed by atoms with Gasteiger partial charge in [0.25, 0.3) is 0 Å². The molecule has 0 aliphatic carbocycles. The van der Waals surface area contributed by atoms with Crippen LogP contribution in [0.5, 0.6) is 0 Å². The third kappa shape index (κ3) is 4.46. The summed E-state index contributed by atoms with van der Waals surface area (Å²) in [5, 5.41) is 8.31. The lowest BCUT2D eigenvalue weighted by atomic mass is 9.95. The van der Waals surface area contributed by atoms with E-state index in [1.54, 1.807) is 4.90 Å². The van der Waals surface area contributed by atoms with E-state index in [1.165, 1.54) is 38.0 Å². The molecule has 0 spiro atoms. The summed E-state index contributed by atoms with van der Waals surface area (Å²) < 4.78 is 10.6. The predicted molar refractivity (Wildman–Crippen MR) is 124 cm³/mol. The SMILES string of the molecule is CC(C)(C)OC(=O)N1CC=C(c2cc(N3CC(CN4CCCC4)C3)c3nonc3c2)CC1. The van der Waals surface area contributed by atoms with Gasteiger partial charge < -0.3 is 19.4 Å². The lowest BCUT2D eigenvalue weighted by Gasteiger charge is -2.42. The maximum Gasteiger partial charge on any atom is 0.410 e. The molecular formula is C24H33N5O3. The van der Waals surface area contributed by atoms with Crippen LogP contribution in [0.2, 0.25) is 0 Å². The molecule has 2 aromatic rings. The van der Waals surface area contributed by atoms with Crippen molar-refractivity contribution in [3.8, 4) is 0 Å². The molecule has 0 saturated carbocycles. The Hall–Kier alpha value is -2.61. The smallest absolute Gasteiger partial charge is 0.410 e. The summed E-state index contributed by atoms with van der Waals surface area (Å²) in [6, 6.07) is 4.26. The van der Waals surface area contributed by atoms with Crippen LogP contribution in [0.25, 0.3) is 16.6 Å². The third-order valence-corrected chi connectivity index (χ3v) is 6.59. The van der Waals surface area contributed by atoms with Crippen LogP contribution in [-0.2, 0) is 4.74 Å². The van der Waals surface area contributed by atoms with E-state index >= 15 is 0 Å². The molecule has 4 heterocycles. The third-order valence-electron chi connectivity index (χ3n) is 6.59. The summed E-state index contributed by atoms with van der Waals surface area (Å²) in [6.45, 7) is 12.7. The minimum atomic E-state index is -0.481. The zero-order chi connectivity index (χ0) is 22.3. The number of amides is 1. The van der Waals surface area contributed by atoms with Crippen LogP contribution < -0.4 is 4.90 Å². The molecule has 2 fully saturated rings. The molecule has 0 bridgehead atoms. The monoisotopic (exact) mass is 439 g/mol. The maximum absolute atomic E-state index is 12.4. The maximum atomic E-state index is 12.4. The number of hydrogen-bond acceptors (Lipinski definition) is 7. The van der Waals surface area contributed by atoms with Gasteiger partial charge in [0.1, 0.15) is 11.1 Å². The molecule has 8 nitrogen and oxygen atoms in total. The molecule has 3 aliphatic rings. The number of carbonyl (C=O) groups excluding carboxylic acids is 1. The summed E-state index contributed by atoms with van der Waals surface area (Å²) in [7, 11) is 0. The fourth-order valence-electron chi connectivity index (χ4n) is 4.93. The molecule has 0 N–H and O–H groups in total. The average molecular weight is 440 g/mol. The van der Waals surface area contributed by atoms with Crippen molar-refractivity contribution in [1.29, 1.82) is 0 Å². The van der Waals surface area contributed by atoms with E-state index in [2.05, 4.69) is 32.3 Å². The highest BCUT2D eigenvalue weighted by molar-refractivity contribution is 5.92. The van der Waals surface area contributed by atoms with Crippen LogP contribution in [0.4, 0.5) is 10.5 Å². The zero-order valence-corrected chi connectivity index (χ0v) is 19.3. The van der Waals surface area contributed by atoms with Crippen LogP contribution in [0.1, 0.15) is 45.6 Å². The van der Waals surface area contributed by atoms with Crippen LogP contribution in [0, 0.1) is 5.92 Å². The molecule has 32 heavy (non-hydrogen) atoms. The Morgan fingerprint density at radius 3 is 2.62 bits per heavy atom. The van der Waals surface area contributed by atoms with E-state index in [0.29, 0.717) is 19.0 Å². The fraction of sp³-hybridized carbons (Fsp3) is 0.625. The van der Waals surface area contributed by atoms with E-state index in [-0.39, 0.29) is 6.09 Å². The second kappa shape index (κ2) is 8.39. The lowest BCUT2D eigenvalue weighted by Crippen LogP contribution is -2.51. The summed E-state index contributed by atoms with van der Waals surface area (Å²) in [4.78, 5) is 19.1. The molecule has 5 rings (SSSR count). The van der Waals surface area contributed by atoms with Crippen molar-refractivity contribution in [2.24, 2.45) is 5.92 Å². The molecule has 0 atom stereocenters. The average Bonchev–Trinajstić information content (AvgIpc) is 3.40. The number of fused-ring (bicyclic) bond motifs is 1. The number of carbonyl (C=O) groups is 1. The second-order valence-corrected chi connectivity index (χ2v) is 10.3. The van der Waals surface area contributed by atoms with Gasteiger partial charge in [-0.2, -0.15) is 0 Å². The quantitative estimate of drug-likeness (QED) is 0.718. The van der Waals surface area contributed by atoms with Crippen molar-refractivity contribution >= 4 is 28.4 Å². The highest BCUT2D eigenvalue weighted by atomic mass is 16.6. The Balaban J connectivity index is 1.29. The topological polar surface area (TPSA) is 74.9 Å². The first-order valence-corrected chi connectivity index (χ1v) is 11.8. The van der Waals surface area contributed by atoms with Crippen LogP contribution in [0.3, 0.4) is 0 Å². The Morgan fingerprint density at radius 2 is 1.94 bits per heavy atom. The summed E-state index contributed by atoms with van der Waals surface area (Å²) in [5.74, 6) is 0.711. The Morgan fingerprint density at radius 1 is 1.16 bits per heavy atom. The van der Waals surface area contributed by atoms with Gasteiger partial charge in [-0.15, -0.1) is 0 Å². The van der Waals surface area contributed by atoms with E-state index in [1.807, 2.05) is 26.8 Å². The van der Waals surface area contributed by atoms with Gasteiger partial charge >= 0.3 is 6.09 Å². The Kier molecular flexibility index (Phi) is 5.57. The fourth-order valence-corrected chi connectivity index (χ4v) is 4.93. The first-order chi connectivity index (χ1) is 15.4. The van der Waals surface area contributed by atoms with Gasteiger partial charge in [-0.25, -0.2) is 9.42 Å². The summed E-state index contributed by atoms with van der Waals surface area (Å²) in [5.41, 5.74) is 4.60. The first-order valence-electron chi connectivity index (χ1n) is 11.8. The lowest BCUT2D eigenvalue weighted by molar-refractivity contribution is 0.0270. The van der Waals surface area contributed by atoms with Crippen molar-refractivity contribution in [2.45, 2.75) is 45.6 Å². The van der Waals surface area contributed by atoms with Crippen molar-refractivity contribution in [2.75, 3.05) is 50.7 Å². The summed E-state index contributed by atoms with van der Waals surface area (Å²) >= 11 is 0. The van der Waals surface area contributed by atoms with Gasteiger partial charge in [0.2, 0.25) is 0 Å². The molecule has 0 radical (unpaired) electrons. The number of anilines is 1. The van der Waals surface area contributed by atoms with Gasteiger partial charge in [0.05, 0.1) is 5.69 Å². The molecule has 1 amide bonds. The molecule has 0 unspecified atom stereocenters. The van der Waals surface area contributed by atoms with Gasteiger partial charge in [-0.1, -0.05) is 6.08 Å². The molecule has 3 aliphatic heterocycles. The Labute approximate surface area is 189 Å². The number of aromatic nitrogens is 2. The largest absolute Gasteiger partial charge is 0.444 e. The minimum absolute atomic E-state index is 0.255. The predicted octanol–water partition coefficient (Wildman–Crippen LogP) is 3.78. The molecule has 8 heteroatoms. The van der Waals surface area contributed by atoms with Gasteiger partial charge in [-0.05, 0) is 86.7 Å².